The van der Waals surface area contributed by atoms with E-state index in [1.807, 2.05) is 12.1 Å². The van der Waals surface area contributed by atoms with Crippen LogP contribution in [0.3, 0.4) is 0 Å². The standard InChI is InChI=1S/C23H26FN5O/c1-15(2)29-13-10-16(11-14-29)19-7-4-8-21(26-19)28-23(30)27-20-9-12-25-22-17(20)5-3-6-18(22)24/h3-9,12,15-16H,10-11,13-14H2,1-2H3,(H2,25,26,27,28,30). The topological polar surface area (TPSA) is 70.2 Å². The van der Waals surface area contributed by atoms with Crippen molar-refractivity contribution in [2.75, 3.05) is 23.7 Å². The van der Waals surface area contributed by atoms with Crippen LogP contribution in [0.15, 0.2) is 48.7 Å². The summed E-state index contributed by atoms with van der Waals surface area (Å²) in [6, 6.07) is 12.2. The van der Waals surface area contributed by atoms with Crippen LogP contribution in [0, 0.1) is 5.82 Å². The molecule has 2 aromatic heterocycles. The van der Waals surface area contributed by atoms with Gasteiger partial charge in [-0.25, -0.2) is 14.2 Å². The maximum Gasteiger partial charge on any atom is 0.324 e. The first kappa shape index (κ1) is 20.2. The second kappa shape index (κ2) is 8.75. The van der Waals surface area contributed by atoms with Gasteiger partial charge in [-0.2, -0.15) is 0 Å². The van der Waals surface area contributed by atoms with E-state index in [9.17, 15) is 9.18 Å². The Bertz CT molecular complexity index is 1050. The number of nitrogens with zero attached hydrogens (tertiary/aromatic N) is 3. The molecule has 0 saturated carbocycles. The summed E-state index contributed by atoms with van der Waals surface area (Å²) in [5.41, 5.74) is 1.73. The Labute approximate surface area is 175 Å². The SMILES string of the molecule is CC(C)N1CCC(c2cccc(NC(=O)Nc3ccnc4c(F)cccc34)n2)CC1. The number of rotatable bonds is 4. The summed E-state index contributed by atoms with van der Waals surface area (Å²) in [6.45, 7) is 6.58. The number of anilines is 2. The highest BCUT2D eigenvalue weighted by Crippen LogP contribution is 2.28. The Balaban J connectivity index is 1.44. The lowest BCUT2D eigenvalue weighted by Crippen LogP contribution is -2.38. The maximum absolute atomic E-state index is 13.9. The molecule has 0 aliphatic carbocycles. The van der Waals surface area contributed by atoms with Gasteiger partial charge in [0.15, 0.2) is 0 Å². The zero-order valence-electron chi connectivity index (χ0n) is 17.2. The van der Waals surface area contributed by atoms with Crippen molar-refractivity contribution in [1.29, 1.82) is 0 Å². The van der Waals surface area contributed by atoms with Crippen LogP contribution in [0.25, 0.3) is 10.9 Å². The van der Waals surface area contributed by atoms with Crippen molar-refractivity contribution in [3.63, 3.8) is 0 Å². The summed E-state index contributed by atoms with van der Waals surface area (Å²) in [6.07, 6.45) is 3.61. The summed E-state index contributed by atoms with van der Waals surface area (Å²) >= 11 is 0. The van der Waals surface area contributed by atoms with E-state index in [4.69, 9.17) is 0 Å². The molecule has 7 heteroatoms. The van der Waals surface area contributed by atoms with E-state index in [0.29, 0.717) is 28.9 Å². The molecule has 1 fully saturated rings. The fraction of sp³-hybridized carbons (Fsp3) is 0.348. The van der Waals surface area contributed by atoms with Gasteiger partial charge in [0.05, 0.1) is 5.69 Å². The molecule has 1 saturated heterocycles. The number of urea groups is 1. The molecular formula is C23H26FN5O. The first-order valence-electron chi connectivity index (χ1n) is 10.3. The number of fused-ring (bicyclic) bond motifs is 1. The Morgan fingerprint density at radius 1 is 1.10 bits per heavy atom. The van der Waals surface area contributed by atoms with Gasteiger partial charge in [-0.1, -0.05) is 18.2 Å². The van der Waals surface area contributed by atoms with Gasteiger partial charge >= 0.3 is 6.03 Å². The lowest BCUT2D eigenvalue weighted by molar-refractivity contribution is 0.171. The average molecular weight is 407 g/mol. The minimum Gasteiger partial charge on any atom is -0.307 e. The monoisotopic (exact) mass is 407 g/mol. The first-order valence-corrected chi connectivity index (χ1v) is 10.3. The molecule has 2 N–H and O–H groups in total. The van der Waals surface area contributed by atoms with Crippen molar-refractivity contribution in [2.45, 2.75) is 38.6 Å². The number of benzene rings is 1. The maximum atomic E-state index is 13.9. The van der Waals surface area contributed by atoms with E-state index >= 15 is 0 Å². The molecule has 3 heterocycles. The second-order valence-corrected chi connectivity index (χ2v) is 7.93. The summed E-state index contributed by atoms with van der Waals surface area (Å²) < 4.78 is 13.9. The lowest BCUT2D eigenvalue weighted by Gasteiger charge is -2.34. The van der Waals surface area contributed by atoms with Gasteiger partial charge < -0.3 is 10.2 Å². The van der Waals surface area contributed by atoms with Crippen LogP contribution < -0.4 is 10.6 Å². The van der Waals surface area contributed by atoms with Gasteiger partial charge in [0, 0.05) is 29.2 Å². The third-order valence-corrected chi connectivity index (χ3v) is 5.66. The normalized spacial score (nSPS) is 15.5. The Morgan fingerprint density at radius 2 is 1.87 bits per heavy atom. The molecule has 1 aromatic carbocycles. The number of carbonyl (C=O) groups excluding carboxylic acids is 1. The van der Waals surface area contributed by atoms with E-state index < -0.39 is 11.8 Å². The molecule has 156 valence electrons. The number of aromatic nitrogens is 2. The van der Waals surface area contributed by atoms with Gasteiger partial charge in [0.2, 0.25) is 0 Å². The van der Waals surface area contributed by atoms with Crippen LogP contribution >= 0.6 is 0 Å². The van der Waals surface area contributed by atoms with Crippen molar-refractivity contribution < 1.29 is 9.18 Å². The number of pyridine rings is 2. The quantitative estimate of drug-likeness (QED) is 0.638. The molecule has 0 radical (unpaired) electrons. The van der Waals surface area contributed by atoms with E-state index in [2.05, 4.69) is 39.3 Å². The molecule has 1 aliphatic rings. The number of piperidine rings is 1. The number of para-hydroxylation sites is 1. The molecule has 3 aromatic rings. The van der Waals surface area contributed by atoms with Crippen molar-refractivity contribution >= 4 is 28.4 Å². The third kappa shape index (κ3) is 4.41. The molecule has 6 nitrogen and oxygen atoms in total. The number of likely N-dealkylation sites (tertiary alicyclic amines) is 1. The molecule has 0 unspecified atom stereocenters. The lowest BCUT2D eigenvalue weighted by atomic mass is 9.92. The number of hydrogen-bond donors (Lipinski definition) is 2. The highest BCUT2D eigenvalue weighted by Gasteiger charge is 2.23. The average Bonchev–Trinajstić information content (AvgIpc) is 2.75. The highest BCUT2D eigenvalue weighted by atomic mass is 19.1. The Morgan fingerprint density at radius 3 is 2.63 bits per heavy atom. The van der Waals surface area contributed by atoms with E-state index in [1.54, 1.807) is 24.3 Å². The van der Waals surface area contributed by atoms with Crippen LogP contribution in [0.1, 0.15) is 38.3 Å². The zero-order chi connectivity index (χ0) is 21.1. The molecule has 0 spiro atoms. The molecule has 0 bridgehead atoms. The second-order valence-electron chi connectivity index (χ2n) is 7.93. The fourth-order valence-corrected chi connectivity index (χ4v) is 3.98. The van der Waals surface area contributed by atoms with Crippen LogP contribution in [-0.4, -0.2) is 40.0 Å². The van der Waals surface area contributed by atoms with Gasteiger partial charge in [0.25, 0.3) is 0 Å². The van der Waals surface area contributed by atoms with Crippen LogP contribution in [0.2, 0.25) is 0 Å². The predicted octanol–water partition coefficient (Wildman–Crippen LogP) is 5.00. The van der Waals surface area contributed by atoms with Gasteiger partial charge in [0.1, 0.15) is 17.2 Å². The molecule has 0 atom stereocenters. The largest absolute Gasteiger partial charge is 0.324 e. The van der Waals surface area contributed by atoms with E-state index in [-0.39, 0.29) is 5.52 Å². The van der Waals surface area contributed by atoms with Crippen molar-refractivity contribution in [1.82, 2.24) is 14.9 Å². The van der Waals surface area contributed by atoms with Gasteiger partial charge in [-0.05, 0) is 64.0 Å². The van der Waals surface area contributed by atoms with E-state index in [0.717, 1.165) is 31.6 Å². The predicted molar refractivity (Wildman–Crippen MR) is 117 cm³/mol. The number of halogens is 1. The van der Waals surface area contributed by atoms with Crippen LogP contribution in [0.4, 0.5) is 20.7 Å². The van der Waals surface area contributed by atoms with Gasteiger partial charge in [-0.3, -0.25) is 10.3 Å². The van der Waals surface area contributed by atoms with Crippen molar-refractivity contribution in [3.8, 4) is 0 Å². The number of hydrogen-bond acceptors (Lipinski definition) is 4. The Hall–Kier alpha value is -3.06. The molecule has 2 amide bonds. The first-order chi connectivity index (χ1) is 14.5. The summed E-state index contributed by atoms with van der Waals surface area (Å²) in [5, 5.41) is 6.11. The molecular weight excluding hydrogens is 381 g/mol. The number of nitrogens with one attached hydrogen (secondary N) is 2. The summed E-state index contributed by atoms with van der Waals surface area (Å²) in [7, 11) is 0. The highest BCUT2D eigenvalue weighted by molar-refractivity contribution is 6.05. The van der Waals surface area contributed by atoms with Crippen LogP contribution in [-0.2, 0) is 0 Å². The fourth-order valence-electron chi connectivity index (χ4n) is 3.98. The zero-order valence-corrected chi connectivity index (χ0v) is 17.2. The van der Waals surface area contributed by atoms with Gasteiger partial charge in [-0.15, -0.1) is 0 Å². The summed E-state index contributed by atoms with van der Waals surface area (Å²) in [5.74, 6) is 0.479. The van der Waals surface area contributed by atoms with Crippen molar-refractivity contribution in [3.05, 3.63) is 60.2 Å². The summed E-state index contributed by atoms with van der Waals surface area (Å²) in [4.78, 5) is 23.7. The molecule has 30 heavy (non-hydrogen) atoms. The smallest absolute Gasteiger partial charge is 0.307 e. The van der Waals surface area contributed by atoms with Crippen molar-refractivity contribution in [2.24, 2.45) is 0 Å². The minimum absolute atomic E-state index is 0.225. The number of amides is 2. The van der Waals surface area contributed by atoms with Crippen LogP contribution in [0.5, 0.6) is 0 Å². The minimum atomic E-state index is -0.425. The van der Waals surface area contributed by atoms with E-state index in [1.165, 1.54) is 12.3 Å². The Kier molecular flexibility index (Phi) is 5.90. The third-order valence-electron chi connectivity index (χ3n) is 5.66. The molecule has 1 aliphatic heterocycles. The molecule has 4 rings (SSSR count). The number of carbonyl (C=O) groups is 1.